The molecule has 1 radical (unpaired) electrons. The third-order valence-electron chi connectivity index (χ3n) is 2.95. The Morgan fingerprint density at radius 2 is 1.86 bits per heavy atom. The topological polar surface area (TPSA) is 0 Å². The minimum atomic E-state index is 0. The zero-order chi connectivity index (χ0) is 15.4. The molecule has 21 heavy (non-hydrogen) atoms. The van der Waals surface area contributed by atoms with Gasteiger partial charge in [0.2, 0.25) is 0 Å². The maximum absolute atomic E-state index is 3.82. The second-order valence-electron chi connectivity index (χ2n) is 4.00. The van der Waals surface area contributed by atoms with E-state index < -0.39 is 0 Å². The summed E-state index contributed by atoms with van der Waals surface area (Å²) in [6.07, 6.45) is 10.8. The Morgan fingerprint density at radius 1 is 1.19 bits per heavy atom. The standard InChI is InChI=1S/C16H16.2C2H6.Y/c1-3-8-13-10-7-11-14-9-5-6-12-16(14)15(13)4-2;2*1-2;/h3,5-6,8-9H,2,7,10-11H2,1H3;2*1-2H3;/q-2;;;/b8-3-;;;. The molecule has 2 rings (SSSR count). The van der Waals surface area contributed by atoms with Crippen molar-refractivity contribution in [3.63, 3.8) is 0 Å². The minimum absolute atomic E-state index is 0. The van der Waals surface area contributed by atoms with Crippen LogP contribution in [0.5, 0.6) is 0 Å². The molecule has 1 heteroatoms. The number of allylic oxidation sites excluding steroid dienone is 5. The predicted molar refractivity (Wildman–Crippen MR) is 91.5 cm³/mol. The van der Waals surface area contributed by atoms with E-state index in [4.69, 9.17) is 0 Å². The molecule has 1 aliphatic carbocycles. The molecule has 0 fully saturated rings. The number of fused-ring (bicyclic) bond motifs is 1. The first-order valence-electron chi connectivity index (χ1n) is 7.75. The van der Waals surface area contributed by atoms with Crippen molar-refractivity contribution >= 4 is 5.57 Å². The van der Waals surface area contributed by atoms with Gasteiger partial charge in [0, 0.05) is 32.7 Å². The van der Waals surface area contributed by atoms with Gasteiger partial charge in [0.25, 0.3) is 0 Å². The molecule has 1 aromatic carbocycles. The molecule has 0 amide bonds. The summed E-state index contributed by atoms with van der Waals surface area (Å²) in [5, 5.41) is 0. The van der Waals surface area contributed by atoms with E-state index in [9.17, 15) is 0 Å². The molecule has 0 N–H and O–H groups in total. The van der Waals surface area contributed by atoms with Crippen molar-refractivity contribution in [2.75, 3.05) is 0 Å². The van der Waals surface area contributed by atoms with Crippen LogP contribution in [0.3, 0.4) is 0 Å². The monoisotopic (exact) mass is 357 g/mol. The molecular formula is C20H28Y-2. The normalized spacial score (nSPS) is 12.8. The zero-order valence-electron chi connectivity index (χ0n) is 14.3. The quantitative estimate of drug-likeness (QED) is 0.554. The van der Waals surface area contributed by atoms with Crippen molar-refractivity contribution < 1.29 is 32.7 Å². The molecular weight excluding hydrogens is 329 g/mol. The third-order valence-corrected chi connectivity index (χ3v) is 2.95. The van der Waals surface area contributed by atoms with Gasteiger partial charge in [0.1, 0.15) is 0 Å². The van der Waals surface area contributed by atoms with Crippen LogP contribution in [0, 0.1) is 12.1 Å². The van der Waals surface area contributed by atoms with E-state index in [0.29, 0.717) is 0 Å². The first kappa shape index (κ1) is 22.8. The first-order valence-corrected chi connectivity index (χ1v) is 7.75. The van der Waals surface area contributed by atoms with Gasteiger partial charge in [-0.05, 0) is 6.92 Å². The fourth-order valence-corrected chi connectivity index (χ4v) is 2.24. The van der Waals surface area contributed by atoms with Crippen LogP contribution in [0.2, 0.25) is 0 Å². The Morgan fingerprint density at radius 3 is 2.43 bits per heavy atom. The summed E-state index contributed by atoms with van der Waals surface area (Å²) in [5.41, 5.74) is 5.01. The maximum Gasteiger partial charge on any atom is 0 e. The van der Waals surface area contributed by atoms with Crippen LogP contribution in [-0.4, -0.2) is 0 Å². The van der Waals surface area contributed by atoms with Crippen molar-refractivity contribution in [1.82, 2.24) is 0 Å². The van der Waals surface area contributed by atoms with Crippen LogP contribution in [-0.2, 0) is 39.1 Å². The molecule has 113 valence electrons. The van der Waals surface area contributed by atoms with Gasteiger partial charge in [-0.15, -0.1) is 18.2 Å². The molecule has 0 saturated carbocycles. The molecule has 1 aromatic rings. The number of aryl methyl sites for hydroxylation is 1. The fraction of sp³-hybridized carbons (Fsp3) is 0.400. The van der Waals surface area contributed by atoms with Gasteiger partial charge >= 0.3 is 0 Å². The Hall–Kier alpha value is -0.456. The minimum Gasteiger partial charge on any atom is -0.266 e. The van der Waals surface area contributed by atoms with E-state index in [-0.39, 0.29) is 32.7 Å². The molecule has 0 unspecified atom stereocenters. The molecule has 0 spiro atoms. The SMILES string of the molecule is C=[C-]C1=C(/C=C\C)CCCc2ccc[c-]c21.CC.CC.[Y]. The van der Waals surface area contributed by atoms with Crippen LogP contribution < -0.4 is 0 Å². The van der Waals surface area contributed by atoms with Gasteiger partial charge in [-0.1, -0.05) is 47.0 Å². The summed E-state index contributed by atoms with van der Waals surface area (Å²) in [6, 6.07) is 9.53. The van der Waals surface area contributed by atoms with Crippen LogP contribution in [0.15, 0.2) is 42.5 Å². The summed E-state index contributed by atoms with van der Waals surface area (Å²) in [4.78, 5) is 0. The molecule has 0 bridgehead atoms. The van der Waals surface area contributed by atoms with Crippen LogP contribution in [0.4, 0.5) is 0 Å². The number of hydrogen-bond acceptors (Lipinski definition) is 0. The maximum atomic E-state index is 3.82. The molecule has 0 saturated heterocycles. The van der Waals surface area contributed by atoms with Gasteiger partial charge in [0.15, 0.2) is 0 Å². The summed E-state index contributed by atoms with van der Waals surface area (Å²) in [6.45, 7) is 13.9. The molecule has 0 nitrogen and oxygen atoms in total. The van der Waals surface area contributed by atoms with Crippen molar-refractivity contribution in [3.05, 3.63) is 65.8 Å². The van der Waals surface area contributed by atoms with E-state index in [1.165, 1.54) is 23.1 Å². The predicted octanol–water partition coefficient (Wildman–Crippen LogP) is 6.19. The van der Waals surface area contributed by atoms with E-state index >= 15 is 0 Å². The van der Waals surface area contributed by atoms with Gasteiger partial charge in [-0.25, -0.2) is 12.1 Å². The van der Waals surface area contributed by atoms with E-state index in [1.54, 1.807) is 0 Å². The number of rotatable bonds is 2. The average molecular weight is 357 g/mol. The van der Waals surface area contributed by atoms with E-state index in [0.717, 1.165) is 18.4 Å². The largest absolute Gasteiger partial charge is 0.266 e. The second-order valence-corrected chi connectivity index (χ2v) is 4.00. The first-order chi connectivity index (χ1) is 9.86. The Labute approximate surface area is 157 Å². The summed E-state index contributed by atoms with van der Waals surface area (Å²) < 4.78 is 0. The molecule has 0 atom stereocenters. The Bertz CT molecular complexity index is 453. The van der Waals surface area contributed by atoms with Crippen molar-refractivity contribution in [2.45, 2.75) is 53.9 Å². The van der Waals surface area contributed by atoms with Gasteiger partial charge in [-0.2, -0.15) is 29.8 Å². The van der Waals surface area contributed by atoms with Crippen molar-refractivity contribution in [2.24, 2.45) is 0 Å². The molecule has 0 heterocycles. The van der Waals surface area contributed by atoms with Gasteiger partial charge in [-0.3, -0.25) is 11.1 Å². The van der Waals surface area contributed by atoms with Gasteiger partial charge in [0.05, 0.1) is 0 Å². The smallest absolute Gasteiger partial charge is 0 e. The van der Waals surface area contributed by atoms with E-state index in [2.05, 4.69) is 43.0 Å². The van der Waals surface area contributed by atoms with Crippen LogP contribution >= 0.6 is 0 Å². The second kappa shape index (κ2) is 14.5. The molecule has 0 aliphatic heterocycles. The zero-order valence-corrected chi connectivity index (χ0v) is 17.1. The van der Waals surface area contributed by atoms with Crippen LogP contribution in [0.25, 0.3) is 5.57 Å². The van der Waals surface area contributed by atoms with Gasteiger partial charge < -0.3 is 0 Å². The Balaban J connectivity index is 0. The summed E-state index contributed by atoms with van der Waals surface area (Å²) in [5.74, 6) is 0. The molecule has 1 aliphatic rings. The molecule has 0 aromatic heterocycles. The van der Waals surface area contributed by atoms with Crippen molar-refractivity contribution in [1.29, 1.82) is 0 Å². The third kappa shape index (κ3) is 6.89. The summed E-state index contributed by atoms with van der Waals surface area (Å²) in [7, 11) is 0. The number of benzene rings is 1. The van der Waals surface area contributed by atoms with Crippen molar-refractivity contribution in [3.8, 4) is 0 Å². The Kier molecular flexibility index (Phi) is 15.7. The van der Waals surface area contributed by atoms with Crippen LogP contribution in [0.1, 0.15) is 58.6 Å². The average Bonchev–Trinajstić information content (AvgIpc) is 2.70. The number of hydrogen-bond donors (Lipinski definition) is 0. The fourth-order valence-electron chi connectivity index (χ4n) is 2.24. The van der Waals surface area contributed by atoms with E-state index in [1.807, 2.05) is 40.7 Å². The summed E-state index contributed by atoms with van der Waals surface area (Å²) >= 11 is 0.